The number of pyridine rings is 1. The molecule has 2 aromatic rings. The van der Waals surface area contributed by atoms with E-state index >= 15 is 0 Å². The largest absolute Gasteiger partial charge is 0.454 e. The first kappa shape index (κ1) is 18.2. The zero-order chi connectivity index (χ0) is 19.7. The molecule has 2 saturated heterocycles. The molecule has 1 spiro atoms. The molecule has 8 nitrogen and oxygen atoms in total. The van der Waals surface area contributed by atoms with Crippen LogP contribution in [-0.4, -0.2) is 54.7 Å². The highest BCUT2D eigenvalue weighted by atomic mass is 16.7. The van der Waals surface area contributed by atoms with Crippen LogP contribution in [0.4, 0.5) is 5.82 Å². The average molecular weight is 397 g/mol. The fraction of sp³-hybridized carbons (Fsp3) is 0.429. The minimum Gasteiger partial charge on any atom is -0.454 e. The monoisotopic (exact) mass is 397 g/mol. The minimum atomic E-state index is -0.480. The van der Waals surface area contributed by atoms with Crippen LogP contribution in [0.3, 0.4) is 0 Å². The number of likely N-dealkylation sites (tertiary alicyclic amines) is 1. The summed E-state index contributed by atoms with van der Waals surface area (Å²) in [5.74, 6) is 1.69. The SMILES string of the molecule is O=C(c1ccnc(NCc2ccc3c(c2)OCO3)c1)N1CCC2(CC1)OCCO2. The van der Waals surface area contributed by atoms with Gasteiger partial charge in [0.05, 0.1) is 13.2 Å². The topological polar surface area (TPSA) is 82.2 Å². The smallest absolute Gasteiger partial charge is 0.254 e. The van der Waals surface area contributed by atoms with Crippen LogP contribution in [0.1, 0.15) is 28.8 Å². The van der Waals surface area contributed by atoms with Crippen LogP contribution in [0, 0.1) is 0 Å². The number of nitrogens with zero attached hydrogens (tertiary/aromatic N) is 2. The molecule has 4 heterocycles. The number of rotatable bonds is 4. The highest BCUT2D eigenvalue weighted by molar-refractivity contribution is 5.94. The summed E-state index contributed by atoms with van der Waals surface area (Å²) in [6.45, 7) is 3.35. The van der Waals surface area contributed by atoms with Gasteiger partial charge in [-0.2, -0.15) is 0 Å². The van der Waals surface area contributed by atoms with Gasteiger partial charge in [-0.05, 0) is 29.8 Å². The highest BCUT2D eigenvalue weighted by Gasteiger charge is 2.40. The molecule has 5 rings (SSSR count). The van der Waals surface area contributed by atoms with Crippen molar-refractivity contribution in [1.82, 2.24) is 9.88 Å². The molecule has 0 radical (unpaired) electrons. The molecule has 3 aliphatic heterocycles. The molecule has 3 aliphatic rings. The lowest BCUT2D eigenvalue weighted by molar-refractivity contribution is -0.181. The van der Waals surface area contributed by atoms with Crippen LogP contribution in [0.25, 0.3) is 0 Å². The number of benzene rings is 1. The van der Waals surface area contributed by atoms with Gasteiger partial charge in [0.25, 0.3) is 5.91 Å². The first-order valence-corrected chi connectivity index (χ1v) is 9.86. The van der Waals surface area contributed by atoms with E-state index in [0.717, 1.165) is 17.1 Å². The van der Waals surface area contributed by atoms with E-state index in [0.29, 0.717) is 57.1 Å². The second kappa shape index (κ2) is 7.53. The lowest BCUT2D eigenvalue weighted by atomic mass is 10.0. The van der Waals surface area contributed by atoms with Gasteiger partial charge in [0.1, 0.15) is 5.82 Å². The van der Waals surface area contributed by atoms with Crippen LogP contribution >= 0.6 is 0 Å². The number of nitrogens with one attached hydrogen (secondary N) is 1. The van der Waals surface area contributed by atoms with Gasteiger partial charge in [-0.25, -0.2) is 4.98 Å². The summed E-state index contributed by atoms with van der Waals surface area (Å²) in [6.07, 6.45) is 3.07. The van der Waals surface area contributed by atoms with Crippen LogP contribution in [0.5, 0.6) is 11.5 Å². The van der Waals surface area contributed by atoms with Crippen molar-refractivity contribution < 1.29 is 23.7 Å². The zero-order valence-electron chi connectivity index (χ0n) is 16.1. The minimum absolute atomic E-state index is 0.00590. The second-order valence-corrected chi connectivity index (χ2v) is 7.37. The molecule has 0 atom stereocenters. The zero-order valence-corrected chi connectivity index (χ0v) is 16.1. The Morgan fingerprint density at radius 3 is 2.69 bits per heavy atom. The Balaban J connectivity index is 1.21. The van der Waals surface area contributed by atoms with Crippen LogP contribution in [0.2, 0.25) is 0 Å². The predicted molar refractivity (Wildman–Crippen MR) is 104 cm³/mol. The van der Waals surface area contributed by atoms with Crippen molar-refractivity contribution in [3.63, 3.8) is 0 Å². The Labute approximate surface area is 168 Å². The van der Waals surface area contributed by atoms with E-state index in [4.69, 9.17) is 18.9 Å². The number of fused-ring (bicyclic) bond motifs is 1. The van der Waals surface area contributed by atoms with E-state index in [9.17, 15) is 4.79 Å². The number of carbonyl (C=O) groups is 1. The van der Waals surface area contributed by atoms with E-state index in [1.165, 1.54) is 0 Å². The fourth-order valence-electron chi connectivity index (χ4n) is 3.92. The third-order valence-corrected chi connectivity index (χ3v) is 5.54. The summed E-state index contributed by atoms with van der Waals surface area (Å²) in [5, 5.41) is 3.27. The lowest BCUT2D eigenvalue weighted by Crippen LogP contribution is -2.47. The molecular formula is C21H23N3O5. The maximum absolute atomic E-state index is 12.9. The van der Waals surface area contributed by atoms with Gasteiger partial charge >= 0.3 is 0 Å². The number of hydrogen-bond acceptors (Lipinski definition) is 7. The summed E-state index contributed by atoms with van der Waals surface area (Å²) in [4.78, 5) is 19.1. The van der Waals surface area contributed by atoms with Crippen molar-refractivity contribution >= 4 is 11.7 Å². The number of carbonyl (C=O) groups excluding carboxylic acids is 1. The molecule has 1 N–H and O–H groups in total. The standard InChI is InChI=1S/C21H23N3O5/c25-20(24-7-4-21(5-8-24)28-9-10-29-21)16-3-6-22-19(12-16)23-13-15-1-2-17-18(11-15)27-14-26-17/h1-3,6,11-12H,4-5,7-10,13-14H2,(H,22,23). The van der Waals surface area contributed by atoms with Gasteiger partial charge in [-0.15, -0.1) is 0 Å². The highest BCUT2D eigenvalue weighted by Crippen LogP contribution is 2.33. The molecule has 1 aromatic heterocycles. The Morgan fingerprint density at radius 2 is 1.86 bits per heavy atom. The molecule has 1 aromatic carbocycles. The Hall–Kier alpha value is -2.84. The molecule has 0 saturated carbocycles. The van der Waals surface area contributed by atoms with E-state index in [1.807, 2.05) is 23.1 Å². The van der Waals surface area contributed by atoms with Crippen LogP contribution < -0.4 is 14.8 Å². The number of ether oxygens (including phenoxy) is 4. The molecule has 2 fully saturated rings. The van der Waals surface area contributed by atoms with Gasteiger partial charge in [0.2, 0.25) is 6.79 Å². The van der Waals surface area contributed by atoms with Crippen molar-refractivity contribution in [3.8, 4) is 11.5 Å². The van der Waals surface area contributed by atoms with Gasteiger partial charge in [-0.1, -0.05) is 6.07 Å². The molecule has 29 heavy (non-hydrogen) atoms. The number of anilines is 1. The Morgan fingerprint density at radius 1 is 1.07 bits per heavy atom. The van der Waals surface area contributed by atoms with Gasteiger partial charge in [0, 0.05) is 44.2 Å². The first-order chi connectivity index (χ1) is 14.2. The fourth-order valence-corrected chi connectivity index (χ4v) is 3.92. The average Bonchev–Trinajstić information content (AvgIpc) is 3.42. The quantitative estimate of drug-likeness (QED) is 0.848. The molecule has 1 amide bonds. The molecule has 0 unspecified atom stereocenters. The normalized spacial score (nSPS) is 19.5. The van der Waals surface area contributed by atoms with E-state index in [-0.39, 0.29) is 12.7 Å². The third-order valence-electron chi connectivity index (χ3n) is 5.54. The van der Waals surface area contributed by atoms with Crippen LogP contribution in [-0.2, 0) is 16.0 Å². The lowest BCUT2D eigenvalue weighted by Gasteiger charge is -2.37. The Kier molecular flexibility index (Phi) is 4.73. The molecular weight excluding hydrogens is 374 g/mol. The van der Waals surface area contributed by atoms with Crippen LogP contribution in [0.15, 0.2) is 36.5 Å². The molecule has 0 aliphatic carbocycles. The Bertz CT molecular complexity index is 903. The van der Waals surface area contributed by atoms with E-state index in [2.05, 4.69) is 10.3 Å². The summed E-state index contributed by atoms with van der Waals surface area (Å²) in [7, 11) is 0. The third kappa shape index (κ3) is 3.73. The van der Waals surface area contributed by atoms with Crippen molar-refractivity contribution in [2.75, 3.05) is 38.4 Å². The summed E-state index contributed by atoms with van der Waals surface area (Å²) in [5.41, 5.74) is 1.67. The van der Waals surface area contributed by atoms with Crippen molar-refractivity contribution in [1.29, 1.82) is 0 Å². The van der Waals surface area contributed by atoms with Crippen molar-refractivity contribution in [2.45, 2.75) is 25.2 Å². The van der Waals surface area contributed by atoms with E-state index in [1.54, 1.807) is 18.3 Å². The number of piperidine rings is 1. The van der Waals surface area contributed by atoms with Crippen molar-refractivity contribution in [2.24, 2.45) is 0 Å². The number of amides is 1. The molecule has 8 heteroatoms. The number of hydrogen-bond donors (Lipinski definition) is 1. The van der Waals surface area contributed by atoms with Crippen molar-refractivity contribution in [3.05, 3.63) is 47.7 Å². The first-order valence-electron chi connectivity index (χ1n) is 9.86. The predicted octanol–water partition coefficient (Wildman–Crippen LogP) is 2.40. The second-order valence-electron chi connectivity index (χ2n) is 7.37. The molecule has 152 valence electrons. The maximum Gasteiger partial charge on any atom is 0.254 e. The van der Waals surface area contributed by atoms with Gasteiger partial charge < -0.3 is 29.2 Å². The molecule has 0 bridgehead atoms. The van der Waals surface area contributed by atoms with Gasteiger partial charge in [-0.3, -0.25) is 4.79 Å². The number of aromatic nitrogens is 1. The van der Waals surface area contributed by atoms with E-state index < -0.39 is 5.79 Å². The summed E-state index contributed by atoms with van der Waals surface area (Å²) < 4.78 is 22.2. The summed E-state index contributed by atoms with van der Waals surface area (Å²) >= 11 is 0. The maximum atomic E-state index is 12.9. The summed E-state index contributed by atoms with van der Waals surface area (Å²) in [6, 6.07) is 9.37. The van der Waals surface area contributed by atoms with Gasteiger partial charge in [0.15, 0.2) is 17.3 Å².